The molecule has 3 aromatic rings. The molecule has 0 aliphatic heterocycles. The van der Waals surface area contributed by atoms with Gasteiger partial charge < -0.3 is 5.32 Å². The average molecular weight is 278 g/mol. The summed E-state index contributed by atoms with van der Waals surface area (Å²) in [6.45, 7) is 2.15. The lowest BCUT2D eigenvalue weighted by Gasteiger charge is -2.16. The molecule has 0 aliphatic rings. The molecule has 0 spiro atoms. The Morgan fingerprint density at radius 1 is 1.00 bits per heavy atom. The van der Waals surface area contributed by atoms with Gasteiger partial charge in [0, 0.05) is 11.6 Å². The topological polar surface area (TPSA) is 42.7 Å². The molecule has 4 heteroatoms. The molecule has 1 unspecified atom stereocenters. The standard InChI is InChI=1S/C17H18N4/c1-13(18-2)15-10-6-7-11-16(15)17-12-19-20-21(17)14-8-4-3-5-9-14/h3-13,18H,1-2H3. The van der Waals surface area contributed by atoms with Crippen LogP contribution in [0.3, 0.4) is 0 Å². The van der Waals surface area contributed by atoms with Gasteiger partial charge >= 0.3 is 0 Å². The van der Waals surface area contributed by atoms with Gasteiger partial charge in [-0.3, -0.25) is 0 Å². The van der Waals surface area contributed by atoms with Crippen LogP contribution in [-0.2, 0) is 0 Å². The maximum atomic E-state index is 4.24. The maximum absolute atomic E-state index is 4.24. The summed E-state index contributed by atoms with van der Waals surface area (Å²) in [5.41, 5.74) is 4.39. The summed E-state index contributed by atoms with van der Waals surface area (Å²) in [5.74, 6) is 0. The van der Waals surface area contributed by atoms with E-state index in [1.165, 1.54) is 5.56 Å². The van der Waals surface area contributed by atoms with Gasteiger partial charge in [-0.1, -0.05) is 47.7 Å². The molecule has 0 bridgehead atoms. The van der Waals surface area contributed by atoms with Crippen molar-refractivity contribution in [1.82, 2.24) is 20.3 Å². The number of nitrogens with one attached hydrogen (secondary N) is 1. The summed E-state index contributed by atoms with van der Waals surface area (Å²) in [4.78, 5) is 0. The first-order chi connectivity index (χ1) is 10.3. The zero-order chi connectivity index (χ0) is 14.7. The lowest BCUT2D eigenvalue weighted by atomic mass is 9.99. The largest absolute Gasteiger partial charge is 0.313 e. The summed E-state index contributed by atoms with van der Waals surface area (Å²) in [6, 6.07) is 18.7. The van der Waals surface area contributed by atoms with E-state index in [-0.39, 0.29) is 6.04 Å². The van der Waals surface area contributed by atoms with Gasteiger partial charge in [0.15, 0.2) is 0 Å². The Kier molecular flexibility index (Phi) is 3.79. The van der Waals surface area contributed by atoms with Crippen molar-refractivity contribution < 1.29 is 0 Å². The third-order valence-corrected chi connectivity index (χ3v) is 3.69. The average Bonchev–Trinajstić information content (AvgIpc) is 3.04. The Labute approximate surface area is 124 Å². The SMILES string of the molecule is CNC(C)c1ccccc1-c1cnnn1-c1ccccc1. The van der Waals surface area contributed by atoms with Gasteiger partial charge in [0.25, 0.3) is 0 Å². The highest BCUT2D eigenvalue weighted by molar-refractivity contribution is 5.65. The lowest BCUT2D eigenvalue weighted by molar-refractivity contribution is 0.653. The first-order valence-electron chi connectivity index (χ1n) is 7.04. The second-order valence-electron chi connectivity index (χ2n) is 4.96. The fourth-order valence-corrected chi connectivity index (χ4v) is 2.44. The van der Waals surface area contributed by atoms with Crippen molar-refractivity contribution in [3.63, 3.8) is 0 Å². The van der Waals surface area contributed by atoms with Crippen molar-refractivity contribution in [2.24, 2.45) is 0 Å². The van der Waals surface area contributed by atoms with Crippen LogP contribution in [0.15, 0.2) is 60.8 Å². The maximum Gasteiger partial charge on any atom is 0.0947 e. The van der Waals surface area contributed by atoms with Crippen LogP contribution >= 0.6 is 0 Å². The normalized spacial score (nSPS) is 12.3. The molecule has 0 amide bonds. The van der Waals surface area contributed by atoms with Crippen molar-refractivity contribution >= 4 is 0 Å². The van der Waals surface area contributed by atoms with E-state index in [4.69, 9.17) is 0 Å². The molecule has 3 rings (SSSR count). The number of para-hydroxylation sites is 1. The van der Waals surface area contributed by atoms with E-state index < -0.39 is 0 Å². The monoisotopic (exact) mass is 278 g/mol. The van der Waals surface area contributed by atoms with Crippen molar-refractivity contribution in [3.8, 4) is 16.9 Å². The Morgan fingerprint density at radius 3 is 2.48 bits per heavy atom. The molecule has 1 heterocycles. The predicted octanol–water partition coefficient (Wildman–Crippen LogP) is 3.21. The Bertz CT molecular complexity index is 718. The lowest BCUT2D eigenvalue weighted by Crippen LogP contribution is -2.13. The molecular formula is C17H18N4. The quantitative estimate of drug-likeness (QED) is 0.797. The number of hydrogen-bond acceptors (Lipinski definition) is 3. The second kappa shape index (κ2) is 5.89. The van der Waals surface area contributed by atoms with Crippen LogP contribution in [0.2, 0.25) is 0 Å². The predicted molar refractivity (Wildman–Crippen MR) is 84.3 cm³/mol. The smallest absolute Gasteiger partial charge is 0.0947 e. The van der Waals surface area contributed by atoms with Gasteiger partial charge in [-0.25, -0.2) is 4.68 Å². The van der Waals surface area contributed by atoms with Crippen LogP contribution in [0.4, 0.5) is 0 Å². The highest BCUT2D eigenvalue weighted by Gasteiger charge is 2.14. The van der Waals surface area contributed by atoms with Gasteiger partial charge in [0.2, 0.25) is 0 Å². The highest BCUT2D eigenvalue weighted by Crippen LogP contribution is 2.28. The minimum absolute atomic E-state index is 0.264. The minimum atomic E-state index is 0.264. The highest BCUT2D eigenvalue weighted by atomic mass is 15.4. The van der Waals surface area contributed by atoms with Gasteiger partial charge in [0.05, 0.1) is 17.6 Å². The number of nitrogens with zero attached hydrogens (tertiary/aromatic N) is 3. The van der Waals surface area contributed by atoms with Crippen LogP contribution in [0, 0.1) is 0 Å². The van der Waals surface area contributed by atoms with Crippen molar-refractivity contribution in [3.05, 3.63) is 66.4 Å². The van der Waals surface area contributed by atoms with Crippen LogP contribution in [0.5, 0.6) is 0 Å². The second-order valence-corrected chi connectivity index (χ2v) is 4.96. The fourth-order valence-electron chi connectivity index (χ4n) is 2.44. The molecule has 0 saturated carbocycles. The molecule has 1 aromatic heterocycles. The van der Waals surface area contributed by atoms with Gasteiger partial charge in [-0.15, -0.1) is 5.10 Å². The fraction of sp³-hybridized carbons (Fsp3) is 0.176. The van der Waals surface area contributed by atoms with Crippen molar-refractivity contribution in [1.29, 1.82) is 0 Å². The van der Waals surface area contributed by atoms with E-state index >= 15 is 0 Å². The molecule has 0 aliphatic carbocycles. The Balaban J connectivity index is 2.13. The van der Waals surface area contributed by atoms with E-state index in [2.05, 4.69) is 40.8 Å². The number of rotatable bonds is 4. The van der Waals surface area contributed by atoms with Crippen LogP contribution in [0.25, 0.3) is 16.9 Å². The Hall–Kier alpha value is -2.46. The summed E-state index contributed by atoms with van der Waals surface area (Å²) in [6.07, 6.45) is 1.81. The third kappa shape index (κ3) is 2.58. The van der Waals surface area contributed by atoms with Crippen molar-refractivity contribution in [2.75, 3.05) is 7.05 Å². The van der Waals surface area contributed by atoms with Crippen LogP contribution < -0.4 is 5.32 Å². The number of aromatic nitrogens is 3. The minimum Gasteiger partial charge on any atom is -0.313 e. The van der Waals surface area contributed by atoms with Crippen LogP contribution in [-0.4, -0.2) is 22.0 Å². The molecule has 0 fully saturated rings. The number of hydrogen-bond donors (Lipinski definition) is 1. The van der Waals surface area contributed by atoms with Crippen LogP contribution in [0.1, 0.15) is 18.5 Å². The van der Waals surface area contributed by atoms with Crippen molar-refractivity contribution in [2.45, 2.75) is 13.0 Å². The summed E-state index contributed by atoms with van der Waals surface area (Å²) < 4.78 is 1.88. The molecule has 106 valence electrons. The summed E-state index contributed by atoms with van der Waals surface area (Å²) in [5, 5.41) is 11.6. The van der Waals surface area contributed by atoms with Gasteiger partial charge in [0.1, 0.15) is 0 Å². The molecule has 21 heavy (non-hydrogen) atoms. The summed E-state index contributed by atoms with van der Waals surface area (Å²) in [7, 11) is 1.97. The molecule has 4 nitrogen and oxygen atoms in total. The molecule has 0 saturated heterocycles. The Morgan fingerprint density at radius 2 is 1.71 bits per heavy atom. The molecule has 1 atom stereocenters. The molecule has 0 radical (unpaired) electrons. The van der Waals surface area contributed by atoms with E-state index in [0.717, 1.165) is 16.9 Å². The first-order valence-corrected chi connectivity index (χ1v) is 7.04. The molecular weight excluding hydrogens is 260 g/mol. The van der Waals surface area contributed by atoms with E-state index in [9.17, 15) is 0 Å². The van der Waals surface area contributed by atoms with E-state index in [1.807, 2.05) is 54.3 Å². The zero-order valence-corrected chi connectivity index (χ0v) is 12.2. The molecule has 1 N–H and O–H groups in total. The van der Waals surface area contributed by atoms with E-state index in [1.54, 1.807) is 0 Å². The molecule has 2 aromatic carbocycles. The van der Waals surface area contributed by atoms with Gasteiger partial charge in [-0.05, 0) is 31.7 Å². The summed E-state index contributed by atoms with van der Waals surface area (Å²) >= 11 is 0. The zero-order valence-electron chi connectivity index (χ0n) is 12.2. The first kappa shape index (κ1) is 13.5. The number of benzene rings is 2. The van der Waals surface area contributed by atoms with Gasteiger partial charge in [-0.2, -0.15) is 0 Å². The third-order valence-electron chi connectivity index (χ3n) is 3.69. The van der Waals surface area contributed by atoms with E-state index in [0.29, 0.717) is 0 Å².